The minimum Gasteiger partial charge on any atom is -0.454 e. The molecule has 2 aliphatic rings. The molecule has 0 atom stereocenters. The SMILES string of the molecule is CC1(c2cc(F)cc(Oc3c(Cl)cc(NC(=O)CC4CCN(C(=O)C(F)(F)F)CC4)cc3Cl)c2)CC1. The van der Waals surface area contributed by atoms with E-state index in [4.69, 9.17) is 27.9 Å². The van der Waals surface area contributed by atoms with E-state index < -0.39 is 17.9 Å². The fraction of sp³-hybridized carbons (Fsp3) is 0.440. The minimum absolute atomic E-state index is 0.0546. The summed E-state index contributed by atoms with van der Waals surface area (Å²) < 4.78 is 57.7. The highest BCUT2D eigenvalue weighted by molar-refractivity contribution is 6.37. The number of carbonyl (C=O) groups excluding carboxylic acids is 2. The Hall–Kier alpha value is -2.52. The summed E-state index contributed by atoms with van der Waals surface area (Å²) >= 11 is 12.7. The largest absolute Gasteiger partial charge is 0.471 e. The number of hydrogen-bond donors (Lipinski definition) is 1. The molecule has 0 radical (unpaired) electrons. The highest BCUT2D eigenvalue weighted by Gasteiger charge is 2.43. The number of halogens is 6. The monoisotopic (exact) mass is 546 g/mol. The Morgan fingerprint density at radius 3 is 2.25 bits per heavy atom. The number of nitrogens with zero attached hydrogens (tertiary/aromatic N) is 1. The standard InChI is InChI=1S/C25H24Cl2F4N2O3/c1-24(4-5-24)15-9-16(28)11-18(10-15)36-22-19(26)12-17(13-20(22)27)32-21(34)8-14-2-6-33(7-3-14)23(35)25(29,30)31/h9-14H,2-8H2,1H3,(H,32,34). The van der Waals surface area contributed by atoms with Gasteiger partial charge in [-0.15, -0.1) is 0 Å². The number of nitrogens with one attached hydrogen (secondary N) is 1. The Morgan fingerprint density at radius 1 is 1.08 bits per heavy atom. The second-order valence-electron chi connectivity index (χ2n) is 9.59. The van der Waals surface area contributed by atoms with Crippen LogP contribution in [0.25, 0.3) is 0 Å². The molecule has 11 heteroatoms. The summed E-state index contributed by atoms with van der Waals surface area (Å²) in [6, 6.07) is 7.39. The number of piperidine rings is 1. The summed E-state index contributed by atoms with van der Waals surface area (Å²) in [6.45, 7) is 1.94. The maximum Gasteiger partial charge on any atom is 0.471 e. The van der Waals surface area contributed by atoms with Crippen LogP contribution < -0.4 is 10.1 Å². The van der Waals surface area contributed by atoms with Gasteiger partial charge in [-0.1, -0.05) is 30.1 Å². The molecule has 194 valence electrons. The number of rotatable bonds is 6. The lowest BCUT2D eigenvalue weighted by Crippen LogP contribution is -2.45. The molecule has 1 aliphatic carbocycles. The average molecular weight is 547 g/mol. The first-order chi connectivity index (χ1) is 16.8. The normalized spacial score (nSPS) is 17.6. The van der Waals surface area contributed by atoms with Crippen LogP contribution in [-0.2, 0) is 15.0 Å². The molecule has 0 spiro atoms. The van der Waals surface area contributed by atoms with Gasteiger partial charge in [0, 0.05) is 31.3 Å². The Bertz CT molecular complexity index is 1150. The first-order valence-corrected chi connectivity index (χ1v) is 12.2. The number of benzene rings is 2. The quantitative estimate of drug-likeness (QED) is 0.393. The zero-order valence-corrected chi connectivity index (χ0v) is 20.9. The van der Waals surface area contributed by atoms with E-state index in [2.05, 4.69) is 5.32 Å². The van der Waals surface area contributed by atoms with Crippen molar-refractivity contribution >= 4 is 40.7 Å². The minimum atomic E-state index is -4.90. The van der Waals surface area contributed by atoms with Crippen molar-refractivity contribution in [1.82, 2.24) is 4.90 Å². The molecule has 0 unspecified atom stereocenters. The molecular weight excluding hydrogens is 523 g/mol. The van der Waals surface area contributed by atoms with Gasteiger partial charge in [0.1, 0.15) is 11.6 Å². The number of hydrogen-bond acceptors (Lipinski definition) is 3. The molecule has 2 amide bonds. The van der Waals surface area contributed by atoms with E-state index in [1.165, 1.54) is 24.3 Å². The predicted molar refractivity (Wildman–Crippen MR) is 128 cm³/mol. The zero-order chi connectivity index (χ0) is 26.3. The van der Waals surface area contributed by atoms with Crippen molar-refractivity contribution in [3.05, 3.63) is 51.8 Å². The lowest BCUT2D eigenvalue weighted by Gasteiger charge is -2.32. The summed E-state index contributed by atoms with van der Waals surface area (Å²) in [5.74, 6) is -2.42. The van der Waals surface area contributed by atoms with Crippen molar-refractivity contribution in [3.63, 3.8) is 0 Å². The maximum absolute atomic E-state index is 14.1. The molecule has 2 aromatic carbocycles. The van der Waals surface area contributed by atoms with Crippen LogP contribution in [0, 0.1) is 11.7 Å². The van der Waals surface area contributed by atoms with Gasteiger partial charge in [0.15, 0.2) is 5.75 Å². The van der Waals surface area contributed by atoms with E-state index in [1.54, 1.807) is 6.07 Å². The molecule has 0 bridgehead atoms. The van der Waals surface area contributed by atoms with Gasteiger partial charge in [-0.2, -0.15) is 13.2 Å². The lowest BCUT2D eigenvalue weighted by atomic mass is 9.93. The van der Waals surface area contributed by atoms with Crippen molar-refractivity contribution in [3.8, 4) is 11.5 Å². The molecule has 5 nitrogen and oxygen atoms in total. The maximum atomic E-state index is 14.1. The number of anilines is 1. The number of carbonyl (C=O) groups is 2. The summed E-state index contributed by atoms with van der Waals surface area (Å²) in [5, 5.41) is 2.91. The Labute approximate surface area is 215 Å². The molecule has 1 saturated heterocycles. The number of likely N-dealkylation sites (tertiary alicyclic amines) is 1. The molecule has 4 rings (SSSR count). The summed E-state index contributed by atoms with van der Waals surface area (Å²) in [4.78, 5) is 24.6. The van der Waals surface area contributed by atoms with Gasteiger partial charge in [-0.3, -0.25) is 9.59 Å². The fourth-order valence-electron chi connectivity index (χ4n) is 4.29. The van der Waals surface area contributed by atoms with E-state index in [0.29, 0.717) is 5.69 Å². The van der Waals surface area contributed by atoms with Crippen LogP contribution in [0.2, 0.25) is 10.0 Å². The molecule has 1 N–H and O–H groups in total. The van der Waals surface area contributed by atoms with Crippen molar-refractivity contribution in [1.29, 1.82) is 0 Å². The molecule has 36 heavy (non-hydrogen) atoms. The Balaban J connectivity index is 1.36. The van der Waals surface area contributed by atoms with Crippen molar-refractivity contribution < 1.29 is 31.9 Å². The van der Waals surface area contributed by atoms with Crippen LogP contribution in [0.5, 0.6) is 11.5 Å². The van der Waals surface area contributed by atoms with Crippen LogP contribution in [0.15, 0.2) is 30.3 Å². The number of amides is 2. The van der Waals surface area contributed by atoms with Gasteiger partial charge >= 0.3 is 12.1 Å². The van der Waals surface area contributed by atoms with Gasteiger partial charge in [-0.25, -0.2) is 4.39 Å². The first-order valence-electron chi connectivity index (χ1n) is 11.5. The van der Waals surface area contributed by atoms with Crippen LogP contribution in [0.3, 0.4) is 0 Å². The van der Waals surface area contributed by atoms with Crippen LogP contribution >= 0.6 is 23.2 Å². The lowest BCUT2D eigenvalue weighted by molar-refractivity contribution is -0.186. The fourth-order valence-corrected chi connectivity index (χ4v) is 4.85. The van der Waals surface area contributed by atoms with E-state index in [9.17, 15) is 27.2 Å². The van der Waals surface area contributed by atoms with Gasteiger partial charge in [0.2, 0.25) is 5.91 Å². The van der Waals surface area contributed by atoms with Gasteiger partial charge < -0.3 is 15.0 Å². The van der Waals surface area contributed by atoms with Crippen LogP contribution in [-0.4, -0.2) is 36.0 Å². The van der Waals surface area contributed by atoms with Crippen molar-refractivity contribution in [2.75, 3.05) is 18.4 Å². The molecule has 1 saturated carbocycles. The smallest absolute Gasteiger partial charge is 0.454 e. The van der Waals surface area contributed by atoms with Crippen LogP contribution in [0.4, 0.5) is 23.2 Å². The molecule has 1 aliphatic heterocycles. The van der Waals surface area contributed by atoms with Gasteiger partial charge in [0.05, 0.1) is 10.0 Å². The molecule has 1 heterocycles. The summed E-state index contributed by atoms with van der Waals surface area (Å²) in [7, 11) is 0. The third kappa shape index (κ3) is 6.24. The second kappa shape index (κ2) is 10.1. The molecular formula is C25H24Cl2F4N2O3. The van der Waals surface area contributed by atoms with Gasteiger partial charge in [0.25, 0.3) is 0 Å². The molecule has 0 aromatic heterocycles. The second-order valence-corrected chi connectivity index (χ2v) is 10.4. The van der Waals surface area contributed by atoms with E-state index in [0.717, 1.165) is 23.3 Å². The third-order valence-corrected chi connectivity index (χ3v) is 7.25. The van der Waals surface area contributed by atoms with Crippen LogP contribution in [0.1, 0.15) is 44.6 Å². The van der Waals surface area contributed by atoms with Crippen molar-refractivity contribution in [2.45, 2.75) is 50.6 Å². The number of ether oxygens (including phenoxy) is 1. The number of alkyl halides is 3. The van der Waals surface area contributed by atoms with Crippen molar-refractivity contribution in [2.24, 2.45) is 5.92 Å². The molecule has 2 aromatic rings. The Morgan fingerprint density at radius 2 is 1.69 bits per heavy atom. The van der Waals surface area contributed by atoms with E-state index >= 15 is 0 Å². The average Bonchev–Trinajstić information content (AvgIpc) is 3.54. The van der Waals surface area contributed by atoms with E-state index in [1.807, 2.05) is 6.92 Å². The topological polar surface area (TPSA) is 58.6 Å². The zero-order valence-electron chi connectivity index (χ0n) is 19.4. The Kier molecular flexibility index (Phi) is 7.44. The summed E-state index contributed by atoms with van der Waals surface area (Å²) in [5.41, 5.74) is 1.09. The van der Waals surface area contributed by atoms with E-state index in [-0.39, 0.29) is 71.1 Å². The predicted octanol–water partition coefficient (Wildman–Crippen LogP) is 7.11. The van der Waals surface area contributed by atoms with Gasteiger partial charge in [-0.05, 0) is 66.8 Å². The third-order valence-electron chi connectivity index (χ3n) is 6.69. The molecule has 2 fully saturated rings. The highest BCUT2D eigenvalue weighted by Crippen LogP contribution is 2.49. The highest BCUT2D eigenvalue weighted by atomic mass is 35.5. The first kappa shape index (κ1) is 26.5. The summed E-state index contributed by atoms with van der Waals surface area (Å²) in [6.07, 6.45) is -2.30.